The molecule has 2 aromatic heterocycles. The van der Waals surface area contributed by atoms with Gasteiger partial charge < -0.3 is 35.7 Å². The van der Waals surface area contributed by atoms with Gasteiger partial charge in [-0.25, -0.2) is 15.0 Å². The Labute approximate surface area is 219 Å². The molecule has 5 N–H and O–H groups in total. The first kappa shape index (κ1) is 24.4. The SMILES string of the molecule is Nc1ncnc2c1ncn2Cc1c(N2CC[C@](N)(C(=O)NC3CC3)C2)ccc(Cl)c1COC1CCOC1. The lowest BCUT2D eigenvalue weighted by atomic mass is 9.99. The first-order chi connectivity index (χ1) is 17.9. The van der Waals surface area contributed by atoms with E-state index in [1.807, 2.05) is 16.7 Å². The minimum Gasteiger partial charge on any atom is -0.382 e. The van der Waals surface area contributed by atoms with Crippen LogP contribution in [0.25, 0.3) is 11.2 Å². The third kappa shape index (κ3) is 4.84. The number of nitrogens with one attached hydrogen (secondary N) is 1. The maximum Gasteiger partial charge on any atom is 0.242 e. The molecule has 1 unspecified atom stereocenters. The highest BCUT2D eigenvalue weighted by Gasteiger charge is 2.43. The molecular weight excluding hydrogens is 496 g/mol. The van der Waals surface area contributed by atoms with Crippen molar-refractivity contribution in [2.45, 2.75) is 56.5 Å². The van der Waals surface area contributed by atoms with Crippen molar-refractivity contribution in [2.24, 2.45) is 5.73 Å². The zero-order valence-corrected chi connectivity index (χ0v) is 21.3. The highest BCUT2D eigenvalue weighted by atomic mass is 35.5. The molecule has 12 heteroatoms. The molecule has 0 spiro atoms. The Morgan fingerprint density at radius 1 is 1.24 bits per heavy atom. The van der Waals surface area contributed by atoms with Crippen LogP contribution in [0.1, 0.15) is 36.8 Å². The van der Waals surface area contributed by atoms with Crippen LogP contribution in [0.2, 0.25) is 5.02 Å². The van der Waals surface area contributed by atoms with E-state index in [0.29, 0.717) is 67.9 Å². The molecule has 4 heterocycles. The van der Waals surface area contributed by atoms with Crippen molar-refractivity contribution < 1.29 is 14.3 Å². The standard InChI is InChI=1S/C25H31ClN8O3/c26-19-3-4-20(33-7-6-25(28,12-33)24(35)32-15-1-2-15)17(18(19)11-37-16-5-8-36-10-16)9-34-14-31-21-22(27)29-13-30-23(21)34/h3-4,13-16H,1-2,5-12,28H2,(H,32,35)(H2,27,29,30)/t16?,25-/m1/s1. The van der Waals surface area contributed by atoms with Gasteiger partial charge in [-0.05, 0) is 37.8 Å². The molecule has 1 amide bonds. The number of nitrogens with zero attached hydrogens (tertiary/aromatic N) is 5. The maximum absolute atomic E-state index is 12.9. The summed E-state index contributed by atoms with van der Waals surface area (Å²) in [6.45, 7) is 3.11. The lowest BCUT2D eigenvalue weighted by Crippen LogP contribution is -2.56. The van der Waals surface area contributed by atoms with E-state index in [2.05, 4.69) is 25.2 Å². The molecule has 37 heavy (non-hydrogen) atoms. The summed E-state index contributed by atoms with van der Waals surface area (Å²) in [6.07, 6.45) is 6.63. The van der Waals surface area contributed by atoms with Crippen molar-refractivity contribution in [2.75, 3.05) is 36.9 Å². The highest BCUT2D eigenvalue weighted by Crippen LogP contribution is 2.36. The number of nitrogen functional groups attached to an aromatic ring is 1. The number of carbonyl (C=O) groups excluding carboxylic acids is 1. The average molecular weight is 527 g/mol. The van der Waals surface area contributed by atoms with Gasteiger partial charge in [0.15, 0.2) is 11.5 Å². The molecule has 196 valence electrons. The molecule has 2 aliphatic heterocycles. The quantitative estimate of drug-likeness (QED) is 0.398. The zero-order chi connectivity index (χ0) is 25.6. The van der Waals surface area contributed by atoms with Gasteiger partial charge in [-0.1, -0.05) is 11.6 Å². The zero-order valence-electron chi connectivity index (χ0n) is 20.5. The number of hydrogen-bond acceptors (Lipinski definition) is 9. The van der Waals surface area contributed by atoms with Gasteiger partial charge in [0.25, 0.3) is 0 Å². The highest BCUT2D eigenvalue weighted by molar-refractivity contribution is 6.31. The lowest BCUT2D eigenvalue weighted by Gasteiger charge is -2.28. The van der Waals surface area contributed by atoms with Gasteiger partial charge in [0, 0.05) is 47.6 Å². The number of nitrogens with two attached hydrogens (primary N) is 2. The number of halogens is 1. The molecule has 1 aromatic carbocycles. The summed E-state index contributed by atoms with van der Waals surface area (Å²) in [7, 11) is 0. The van der Waals surface area contributed by atoms with E-state index in [-0.39, 0.29) is 18.1 Å². The van der Waals surface area contributed by atoms with Crippen molar-refractivity contribution in [3.63, 3.8) is 0 Å². The fourth-order valence-electron chi connectivity index (χ4n) is 5.09. The Balaban J connectivity index is 1.34. The molecule has 0 bridgehead atoms. The van der Waals surface area contributed by atoms with Crippen LogP contribution < -0.4 is 21.7 Å². The summed E-state index contributed by atoms with van der Waals surface area (Å²) in [5, 5.41) is 3.69. The largest absolute Gasteiger partial charge is 0.382 e. The van der Waals surface area contributed by atoms with Crippen LogP contribution in [0.5, 0.6) is 0 Å². The minimum atomic E-state index is -0.944. The van der Waals surface area contributed by atoms with Gasteiger partial charge in [-0.15, -0.1) is 0 Å². The maximum atomic E-state index is 12.9. The van der Waals surface area contributed by atoms with E-state index in [0.717, 1.165) is 36.1 Å². The summed E-state index contributed by atoms with van der Waals surface area (Å²) in [5.41, 5.74) is 15.7. The Morgan fingerprint density at radius 2 is 2.11 bits per heavy atom. The van der Waals surface area contributed by atoms with Crippen LogP contribution in [0.4, 0.5) is 11.5 Å². The van der Waals surface area contributed by atoms with Gasteiger partial charge >= 0.3 is 0 Å². The third-order valence-corrected chi connectivity index (χ3v) is 7.82. The molecule has 3 aliphatic rings. The number of amides is 1. The van der Waals surface area contributed by atoms with Gasteiger partial charge in [-0.2, -0.15) is 0 Å². The van der Waals surface area contributed by atoms with Crippen LogP contribution in [0.15, 0.2) is 24.8 Å². The fourth-order valence-corrected chi connectivity index (χ4v) is 5.32. The Bertz CT molecular complexity index is 1320. The number of hydrogen-bond donors (Lipinski definition) is 3. The van der Waals surface area contributed by atoms with Crippen molar-refractivity contribution >= 4 is 40.2 Å². The molecule has 0 radical (unpaired) electrons. The van der Waals surface area contributed by atoms with Crippen LogP contribution in [-0.2, 0) is 27.4 Å². The van der Waals surface area contributed by atoms with Crippen molar-refractivity contribution in [3.05, 3.63) is 40.9 Å². The number of benzene rings is 1. The summed E-state index contributed by atoms with van der Waals surface area (Å²) in [5.74, 6) is 0.250. The molecule has 1 aliphatic carbocycles. The fraction of sp³-hybridized carbons (Fsp3) is 0.520. The van der Waals surface area contributed by atoms with Gasteiger partial charge in [0.1, 0.15) is 17.4 Å². The number of rotatable bonds is 8. The van der Waals surface area contributed by atoms with Crippen molar-refractivity contribution in [1.82, 2.24) is 24.8 Å². The number of aromatic nitrogens is 4. The van der Waals surface area contributed by atoms with Crippen molar-refractivity contribution in [1.29, 1.82) is 0 Å². The van der Waals surface area contributed by atoms with E-state index in [9.17, 15) is 4.79 Å². The Kier molecular flexibility index (Phi) is 6.39. The van der Waals surface area contributed by atoms with Crippen LogP contribution >= 0.6 is 11.6 Å². The van der Waals surface area contributed by atoms with Crippen LogP contribution in [0.3, 0.4) is 0 Å². The van der Waals surface area contributed by atoms with E-state index in [1.54, 1.807) is 6.33 Å². The summed E-state index contributed by atoms with van der Waals surface area (Å²) in [4.78, 5) is 28.0. The van der Waals surface area contributed by atoms with Gasteiger partial charge in [0.2, 0.25) is 5.91 Å². The van der Waals surface area contributed by atoms with E-state index >= 15 is 0 Å². The van der Waals surface area contributed by atoms with E-state index in [4.69, 9.17) is 32.5 Å². The van der Waals surface area contributed by atoms with Crippen LogP contribution in [0, 0.1) is 0 Å². The number of ether oxygens (including phenoxy) is 2. The normalized spacial score (nSPS) is 23.7. The number of anilines is 2. The summed E-state index contributed by atoms with van der Waals surface area (Å²) in [6, 6.07) is 4.14. The average Bonchev–Trinajstić information content (AvgIpc) is 3.24. The third-order valence-electron chi connectivity index (χ3n) is 7.46. The van der Waals surface area contributed by atoms with Gasteiger partial charge in [0.05, 0.1) is 32.2 Å². The monoisotopic (exact) mass is 526 g/mol. The second kappa shape index (κ2) is 9.71. The molecular formula is C25H31ClN8O3. The first-order valence-electron chi connectivity index (χ1n) is 12.7. The predicted molar refractivity (Wildman–Crippen MR) is 139 cm³/mol. The summed E-state index contributed by atoms with van der Waals surface area (Å²) < 4.78 is 13.6. The van der Waals surface area contributed by atoms with Crippen LogP contribution in [-0.4, -0.2) is 69.4 Å². The Morgan fingerprint density at radius 3 is 2.89 bits per heavy atom. The number of imidazole rings is 1. The molecule has 2 atom stereocenters. The number of carbonyl (C=O) groups is 1. The molecule has 6 rings (SSSR count). The molecule has 3 aromatic rings. The topological polar surface area (TPSA) is 146 Å². The lowest BCUT2D eigenvalue weighted by molar-refractivity contribution is -0.125. The molecule has 2 saturated heterocycles. The second-order valence-electron chi connectivity index (χ2n) is 10.2. The molecule has 1 saturated carbocycles. The van der Waals surface area contributed by atoms with E-state index in [1.165, 1.54) is 6.33 Å². The summed E-state index contributed by atoms with van der Waals surface area (Å²) >= 11 is 6.76. The van der Waals surface area contributed by atoms with Crippen molar-refractivity contribution in [3.8, 4) is 0 Å². The smallest absolute Gasteiger partial charge is 0.242 e. The first-order valence-corrected chi connectivity index (χ1v) is 13.0. The minimum absolute atomic E-state index is 0.0313. The Hall–Kier alpha value is -2.99. The molecule has 3 fully saturated rings. The second-order valence-corrected chi connectivity index (χ2v) is 10.6. The molecule has 11 nitrogen and oxygen atoms in total. The van der Waals surface area contributed by atoms with E-state index < -0.39 is 5.54 Å². The predicted octanol–water partition coefficient (Wildman–Crippen LogP) is 1.60. The van der Waals surface area contributed by atoms with Gasteiger partial charge in [-0.3, -0.25) is 4.79 Å². The number of fused-ring (bicyclic) bond motifs is 1.